The van der Waals surface area contributed by atoms with Crippen molar-refractivity contribution in [3.05, 3.63) is 133 Å². The van der Waals surface area contributed by atoms with E-state index in [1.165, 1.54) is 32.3 Å². The zero-order chi connectivity index (χ0) is 24.2. The van der Waals surface area contributed by atoms with Crippen LogP contribution < -0.4 is 5.30 Å². The molecule has 1 nitrogen and oxygen atoms in total. The molecule has 7 rings (SSSR count). The Hall–Kier alpha value is -4.19. The Morgan fingerprint density at radius 1 is 0.556 bits per heavy atom. The lowest BCUT2D eigenvalue weighted by molar-refractivity contribution is 0.601. The molecule has 0 amide bonds. The van der Waals surface area contributed by atoms with E-state index in [1.807, 2.05) is 18.2 Å². The maximum atomic E-state index is 6.49. The summed E-state index contributed by atoms with van der Waals surface area (Å²) in [5.74, 6) is 0.797. The topological polar surface area (TPSA) is 13.1 Å². The third-order valence-electron chi connectivity index (χ3n) is 7.17. The minimum absolute atomic E-state index is 0.797. The van der Waals surface area contributed by atoms with Crippen LogP contribution in [0.4, 0.5) is 0 Å². The van der Waals surface area contributed by atoms with E-state index >= 15 is 0 Å². The average molecular weight is 479 g/mol. The molecule has 0 fully saturated rings. The van der Waals surface area contributed by atoms with Crippen LogP contribution in [0.15, 0.2) is 126 Å². The van der Waals surface area contributed by atoms with Crippen LogP contribution in [0, 0.1) is 0 Å². The molecule has 6 aromatic carbocycles. The zero-order valence-electron chi connectivity index (χ0n) is 19.7. The molecular formula is C34H23OP. The van der Waals surface area contributed by atoms with Crippen LogP contribution in [0.1, 0.15) is 11.3 Å². The van der Waals surface area contributed by atoms with E-state index < -0.39 is 0 Å². The molecule has 0 N–H and O–H groups in total. The number of furan rings is 1. The Morgan fingerprint density at radius 2 is 1.14 bits per heavy atom. The molecule has 0 saturated carbocycles. The highest BCUT2D eigenvalue weighted by Crippen LogP contribution is 2.39. The highest BCUT2D eigenvalue weighted by molar-refractivity contribution is 7.28. The van der Waals surface area contributed by atoms with Crippen LogP contribution in [-0.2, 0) is 0 Å². The fraction of sp³-hybridized carbons (Fsp3) is 0. The summed E-state index contributed by atoms with van der Waals surface area (Å²) in [5.41, 5.74) is 5.08. The number of hydrogen-bond donors (Lipinski definition) is 0. The van der Waals surface area contributed by atoms with Crippen molar-refractivity contribution in [3.8, 4) is 11.1 Å². The van der Waals surface area contributed by atoms with Gasteiger partial charge >= 0.3 is 0 Å². The van der Waals surface area contributed by atoms with Crippen LogP contribution >= 0.6 is 9.24 Å². The van der Waals surface area contributed by atoms with Gasteiger partial charge in [-0.1, -0.05) is 104 Å². The van der Waals surface area contributed by atoms with Crippen molar-refractivity contribution < 1.29 is 4.42 Å². The highest BCUT2D eigenvalue weighted by Gasteiger charge is 2.16. The molecule has 36 heavy (non-hydrogen) atoms. The minimum Gasteiger partial charge on any atom is -0.455 e. The fourth-order valence-corrected chi connectivity index (χ4v) is 5.81. The van der Waals surface area contributed by atoms with Crippen LogP contribution in [-0.4, -0.2) is 0 Å². The van der Waals surface area contributed by atoms with E-state index in [0.29, 0.717) is 0 Å². The first-order valence-corrected chi connectivity index (χ1v) is 12.7. The Morgan fingerprint density at radius 3 is 1.81 bits per heavy atom. The number of rotatable bonds is 3. The van der Waals surface area contributed by atoms with Crippen LogP contribution in [0.2, 0.25) is 0 Å². The Kier molecular flexibility index (Phi) is 4.81. The van der Waals surface area contributed by atoms with Gasteiger partial charge in [-0.2, -0.15) is 0 Å². The summed E-state index contributed by atoms with van der Waals surface area (Å²) in [5, 5.41) is 9.85. The summed E-state index contributed by atoms with van der Waals surface area (Å²) in [7, 11) is 2.96. The SMILES string of the molecule is C=C(c1ccccc1)c1cc2cccc(-c3cc4c5ccccc5c5ccccc5c4cc3P)c2o1. The summed E-state index contributed by atoms with van der Waals surface area (Å²) in [6, 6.07) is 40.7. The first-order valence-electron chi connectivity index (χ1n) is 12.1. The van der Waals surface area contributed by atoms with Gasteiger partial charge in [0.25, 0.3) is 0 Å². The number of fused-ring (bicyclic) bond motifs is 7. The second-order valence-corrected chi connectivity index (χ2v) is 9.88. The lowest BCUT2D eigenvalue weighted by Gasteiger charge is -2.14. The van der Waals surface area contributed by atoms with E-state index in [4.69, 9.17) is 4.42 Å². The van der Waals surface area contributed by atoms with Gasteiger partial charge in [-0.05, 0) is 66.9 Å². The van der Waals surface area contributed by atoms with Crippen molar-refractivity contribution in [2.24, 2.45) is 0 Å². The third kappa shape index (κ3) is 3.21. The zero-order valence-corrected chi connectivity index (χ0v) is 20.8. The Balaban J connectivity index is 1.49. The van der Waals surface area contributed by atoms with Crippen LogP contribution in [0.3, 0.4) is 0 Å². The second kappa shape index (κ2) is 8.19. The Labute approximate surface area is 211 Å². The van der Waals surface area contributed by atoms with Crippen molar-refractivity contribution in [1.29, 1.82) is 0 Å². The first-order chi connectivity index (χ1) is 17.7. The van der Waals surface area contributed by atoms with Gasteiger partial charge in [-0.3, -0.25) is 0 Å². The van der Waals surface area contributed by atoms with Crippen molar-refractivity contribution in [3.63, 3.8) is 0 Å². The van der Waals surface area contributed by atoms with Gasteiger partial charge in [0.15, 0.2) is 0 Å². The number of hydrogen-bond acceptors (Lipinski definition) is 1. The highest BCUT2D eigenvalue weighted by atomic mass is 31.0. The van der Waals surface area contributed by atoms with Gasteiger partial charge in [-0.25, -0.2) is 0 Å². The summed E-state index contributed by atoms with van der Waals surface area (Å²) in [6.07, 6.45) is 0. The Bertz CT molecular complexity index is 1960. The lowest BCUT2D eigenvalue weighted by atomic mass is 9.91. The monoisotopic (exact) mass is 478 g/mol. The molecule has 0 radical (unpaired) electrons. The molecular weight excluding hydrogens is 455 g/mol. The van der Waals surface area contributed by atoms with Crippen molar-refractivity contribution >= 4 is 63.4 Å². The number of benzene rings is 6. The lowest BCUT2D eigenvalue weighted by Crippen LogP contribution is -1.98. The molecule has 0 aliphatic rings. The second-order valence-electron chi connectivity index (χ2n) is 9.26. The largest absolute Gasteiger partial charge is 0.455 e. The average Bonchev–Trinajstić information content (AvgIpc) is 3.38. The van der Waals surface area contributed by atoms with E-state index in [0.717, 1.165) is 44.3 Å². The minimum atomic E-state index is 0.797. The maximum absolute atomic E-state index is 6.49. The van der Waals surface area contributed by atoms with Crippen molar-refractivity contribution in [2.75, 3.05) is 0 Å². The van der Waals surface area contributed by atoms with Gasteiger partial charge in [0.2, 0.25) is 0 Å². The molecule has 1 aromatic heterocycles. The molecule has 1 heterocycles. The fourth-order valence-electron chi connectivity index (χ4n) is 5.41. The standard InChI is InChI=1S/C34H23OP/c1-21(22-10-3-2-4-11-22)32-18-23-12-9-17-28(34(23)35-32)31-19-29-26-15-7-5-13-24(26)25-14-6-8-16-27(25)30(29)20-33(31)36/h2-20H,1,36H2. The normalized spacial score (nSPS) is 11.6. The van der Waals surface area contributed by atoms with E-state index in [9.17, 15) is 0 Å². The van der Waals surface area contributed by atoms with Crippen molar-refractivity contribution in [1.82, 2.24) is 0 Å². The quantitative estimate of drug-likeness (QED) is 0.182. The van der Waals surface area contributed by atoms with Crippen LogP contribution in [0.25, 0.3) is 60.0 Å². The van der Waals surface area contributed by atoms with Gasteiger partial charge in [0.05, 0.1) is 0 Å². The predicted octanol–water partition coefficient (Wildman–Crippen LogP) is 9.12. The molecule has 1 atom stereocenters. The molecule has 0 bridgehead atoms. The molecule has 170 valence electrons. The molecule has 1 unspecified atom stereocenters. The third-order valence-corrected chi connectivity index (χ3v) is 7.65. The number of para-hydroxylation sites is 1. The summed E-state index contributed by atoms with van der Waals surface area (Å²) >= 11 is 0. The predicted molar refractivity (Wildman–Crippen MR) is 158 cm³/mol. The summed E-state index contributed by atoms with van der Waals surface area (Å²) in [6.45, 7) is 4.32. The molecule has 2 heteroatoms. The molecule has 0 aliphatic heterocycles. The molecule has 7 aromatic rings. The maximum Gasteiger partial charge on any atom is 0.142 e. The first kappa shape index (κ1) is 21.1. The van der Waals surface area contributed by atoms with Gasteiger partial charge in [0, 0.05) is 16.5 Å². The van der Waals surface area contributed by atoms with Gasteiger partial charge in [0.1, 0.15) is 11.3 Å². The molecule has 0 aliphatic carbocycles. The van der Waals surface area contributed by atoms with Gasteiger partial charge in [-0.15, -0.1) is 9.24 Å². The molecule has 0 saturated heterocycles. The summed E-state index contributed by atoms with van der Waals surface area (Å²) < 4.78 is 6.49. The molecule has 0 spiro atoms. The van der Waals surface area contributed by atoms with E-state index in [1.54, 1.807) is 0 Å². The van der Waals surface area contributed by atoms with E-state index in [2.05, 4.69) is 113 Å². The summed E-state index contributed by atoms with van der Waals surface area (Å²) in [4.78, 5) is 0. The van der Waals surface area contributed by atoms with Crippen molar-refractivity contribution in [2.45, 2.75) is 0 Å². The van der Waals surface area contributed by atoms with E-state index in [-0.39, 0.29) is 0 Å². The van der Waals surface area contributed by atoms with Crippen LogP contribution in [0.5, 0.6) is 0 Å². The smallest absolute Gasteiger partial charge is 0.142 e. The van der Waals surface area contributed by atoms with Gasteiger partial charge < -0.3 is 4.42 Å².